The highest BCUT2D eigenvalue weighted by molar-refractivity contribution is 5.67. The molecule has 2 atom stereocenters. The zero-order valence-electron chi connectivity index (χ0n) is 12.7. The van der Waals surface area contributed by atoms with Gasteiger partial charge >= 0.3 is 0 Å². The van der Waals surface area contributed by atoms with E-state index in [1.54, 1.807) is 0 Å². The van der Waals surface area contributed by atoms with Gasteiger partial charge in [-0.05, 0) is 42.4 Å². The lowest BCUT2D eigenvalue weighted by atomic mass is 9.80. The first-order chi connectivity index (χ1) is 9.67. The Bertz CT molecular complexity index is 604. The highest BCUT2D eigenvalue weighted by Gasteiger charge is 2.62. The topological polar surface area (TPSA) is 12.9 Å². The molecule has 1 heterocycles. The average Bonchev–Trinajstić information content (AvgIpc) is 3.15. The van der Waals surface area contributed by atoms with E-state index >= 15 is 0 Å². The second kappa shape index (κ2) is 4.73. The second-order valence-corrected chi connectivity index (χ2v) is 6.29. The van der Waals surface area contributed by atoms with Crippen molar-refractivity contribution in [1.29, 1.82) is 0 Å². The van der Waals surface area contributed by atoms with Crippen LogP contribution in [0.25, 0.3) is 11.3 Å². The molecule has 1 heteroatoms. The van der Waals surface area contributed by atoms with Crippen molar-refractivity contribution in [2.45, 2.75) is 45.4 Å². The summed E-state index contributed by atoms with van der Waals surface area (Å²) < 4.78 is 0. The Morgan fingerprint density at radius 2 is 1.75 bits per heavy atom. The summed E-state index contributed by atoms with van der Waals surface area (Å²) in [6.45, 7) is 7.09. The van der Waals surface area contributed by atoms with Gasteiger partial charge in [0.2, 0.25) is 0 Å². The summed E-state index contributed by atoms with van der Waals surface area (Å²) in [6, 6.07) is 15.0. The van der Waals surface area contributed by atoms with Crippen molar-refractivity contribution in [3.8, 4) is 11.3 Å². The van der Waals surface area contributed by atoms with E-state index in [1.165, 1.54) is 30.4 Å². The Morgan fingerprint density at radius 3 is 2.35 bits per heavy atom. The molecule has 0 aliphatic heterocycles. The molecule has 1 nitrogen and oxygen atoms in total. The van der Waals surface area contributed by atoms with Gasteiger partial charge in [-0.15, -0.1) is 0 Å². The number of aromatic nitrogens is 1. The minimum absolute atomic E-state index is 0.343. The SMILES string of the molecule is CCC1(C)CC1(CC)c1ccccc1-c1ccccn1. The minimum Gasteiger partial charge on any atom is -0.256 e. The van der Waals surface area contributed by atoms with Crippen LogP contribution < -0.4 is 0 Å². The molecule has 2 unspecified atom stereocenters. The van der Waals surface area contributed by atoms with E-state index in [0.717, 1.165) is 5.69 Å². The molecule has 0 saturated heterocycles. The van der Waals surface area contributed by atoms with E-state index in [2.05, 4.69) is 62.2 Å². The van der Waals surface area contributed by atoms with Gasteiger partial charge in [0.25, 0.3) is 0 Å². The summed E-state index contributed by atoms with van der Waals surface area (Å²) in [4.78, 5) is 4.56. The molecule has 1 aliphatic rings. The Hall–Kier alpha value is -1.63. The van der Waals surface area contributed by atoms with E-state index in [4.69, 9.17) is 0 Å². The molecule has 1 aromatic heterocycles. The van der Waals surface area contributed by atoms with Crippen molar-refractivity contribution < 1.29 is 0 Å². The van der Waals surface area contributed by atoms with Crippen LogP contribution in [0.1, 0.15) is 45.6 Å². The summed E-state index contributed by atoms with van der Waals surface area (Å²) >= 11 is 0. The molecule has 0 bridgehead atoms. The maximum Gasteiger partial charge on any atom is 0.0704 e. The second-order valence-electron chi connectivity index (χ2n) is 6.29. The van der Waals surface area contributed by atoms with Crippen molar-refractivity contribution in [3.63, 3.8) is 0 Å². The smallest absolute Gasteiger partial charge is 0.0704 e. The van der Waals surface area contributed by atoms with Crippen molar-refractivity contribution in [2.75, 3.05) is 0 Å². The Balaban J connectivity index is 2.13. The summed E-state index contributed by atoms with van der Waals surface area (Å²) in [6.07, 6.45) is 5.64. The molecule has 20 heavy (non-hydrogen) atoms. The molecule has 0 spiro atoms. The lowest BCUT2D eigenvalue weighted by Gasteiger charge is -2.24. The van der Waals surface area contributed by atoms with E-state index in [0.29, 0.717) is 10.8 Å². The van der Waals surface area contributed by atoms with Crippen molar-refractivity contribution in [3.05, 3.63) is 54.2 Å². The molecule has 1 saturated carbocycles. The monoisotopic (exact) mass is 265 g/mol. The first kappa shape index (κ1) is 13.4. The van der Waals surface area contributed by atoms with Crippen molar-refractivity contribution >= 4 is 0 Å². The third-order valence-electron chi connectivity index (χ3n) is 5.49. The maximum atomic E-state index is 4.56. The Labute approximate surface area is 122 Å². The molecule has 0 amide bonds. The molecule has 104 valence electrons. The molecule has 0 N–H and O–H groups in total. The van der Waals surface area contributed by atoms with Crippen LogP contribution in [0.5, 0.6) is 0 Å². The van der Waals surface area contributed by atoms with Crippen LogP contribution >= 0.6 is 0 Å². The van der Waals surface area contributed by atoms with Gasteiger partial charge in [0, 0.05) is 17.2 Å². The van der Waals surface area contributed by atoms with Gasteiger partial charge in [0.1, 0.15) is 0 Å². The Morgan fingerprint density at radius 1 is 1.00 bits per heavy atom. The molecular formula is C19H23N. The fourth-order valence-corrected chi connectivity index (χ4v) is 3.89. The highest BCUT2D eigenvalue weighted by Crippen LogP contribution is 2.69. The first-order valence-electron chi connectivity index (χ1n) is 7.68. The van der Waals surface area contributed by atoms with E-state index in [9.17, 15) is 0 Å². The number of nitrogens with zero attached hydrogens (tertiary/aromatic N) is 1. The zero-order valence-corrected chi connectivity index (χ0v) is 12.7. The van der Waals surface area contributed by atoms with Crippen molar-refractivity contribution in [2.24, 2.45) is 5.41 Å². The molecule has 3 rings (SSSR count). The predicted octanol–water partition coefficient (Wildman–Crippen LogP) is 5.22. The third kappa shape index (κ3) is 1.80. The summed E-state index contributed by atoms with van der Waals surface area (Å²) in [5.74, 6) is 0. The zero-order chi connectivity index (χ0) is 14.2. The van der Waals surface area contributed by atoms with E-state index in [1.807, 2.05) is 12.3 Å². The highest BCUT2D eigenvalue weighted by atomic mass is 14.7. The van der Waals surface area contributed by atoms with Crippen LogP contribution in [-0.4, -0.2) is 4.98 Å². The third-order valence-corrected chi connectivity index (χ3v) is 5.49. The lowest BCUT2D eigenvalue weighted by molar-refractivity contribution is 0.430. The standard InChI is InChI=1S/C19H23N/c1-4-18(3)14-19(18,5-2)16-11-7-6-10-15(16)17-12-8-9-13-20-17/h6-13H,4-5,14H2,1-3H3. The van der Waals surface area contributed by atoms with Gasteiger partial charge in [-0.3, -0.25) is 4.98 Å². The van der Waals surface area contributed by atoms with Gasteiger partial charge in [-0.1, -0.05) is 51.1 Å². The molecule has 1 aliphatic carbocycles. The van der Waals surface area contributed by atoms with Gasteiger partial charge in [0.05, 0.1) is 5.69 Å². The van der Waals surface area contributed by atoms with Crippen LogP contribution in [0.15, 0.2) is 48.7 Å². The maximum absolute atomic E-state index is 4.56. The van der Waals surface area contributed by atoms with E-state index in [-0.39, 0.29) is 0 Å². The Kier molecular flexibility index (Phi) is 3.16. The summed E-state index contributed by atoms with van der Waals surface area (Å²) in [7, 11) is 0. The van der Waals surface area contributed by atoms with Gasteiger partial charge < -0.3 is 0 Å². The fraction of sp³-hybridized carbons (Fsp3) is 0.421. The van der Waals surface area contributed by atoms with Gasteiger partial charge in [-0.2, -0.15) is 0 Å². The minimum atomic E-state index is 0.343. The normalized spacial score (nSPS) is 28.4. The predicted molar refractivity (Wildman–Crippen MR) is 84.7 cm³/mol. The molecule has 0 radical (unpaired) electrons. The van der Waals surface area contributed by atoms with Crippen LogP contribution in [0.4, 0.5) is 0 Å². The van der Waals surface area contributed by atoms with Crippen LogP contribution in [0.2, 0.25) is 0 Å². The van der Waals surface area contributed by atoms with Gasteiger partial charge in [-0.25, -0.2) is 0 Å². The lowest BCUT2D eigenvalue weighted by Crippen LogP contribution is -2.16. The number of pyridine rings is 1. The van der Waals surface area contributed by atoms with Crippen LogP contribution in [-0.2, 0) is 5.41 Å². The van der Waals surface area contributed by atoms with Crippen LogP contribution in [0.3, 0.4) is 0 Å². The molecule has 1 aromatic carbocycles. The number of hydrogen-bond donors (Lipinski definition) is 0. The molecule has 1 fully saturated rings. The first-order valence-corrected chi connectivity index (χ1v) is 7.68. The van der Waals surface area contributed by atoms with Crippen molar-refractivity contribution in [1.82, 2.24) is 4.98 Å². The molecule has 2 aromatic rings. The largest absolute Gasteiger partial charge is 0.256 e. The average molecular weight is 265 g/mol. The number of hydrogen-bond acceptors (Lipinski definition) is 1. The number of rotatable bonds is 4. The quantitative estimate of drug-likeness (QED) is 0.739. The van der Waals surface area contributed by atoms with Crippen LogP contribution in [0, 0.1) is 5.41 Å². The summed E-state index contributed by atoms with van der Waals surface area (Å²) in [5.41, 5.74) is 4.70. The fourth-order valence-electron chi connectivity index (χ4n) is 3.89. The van der Waals surface area contributed by atoms with Gasteiger partial charge in [0.15, 0.2) is 0 Å². The molecular weight excluding hydrogens is 242 g/mol. The summed E-state index contributed by atoms with van der Waals surface area (Å²) in [5, 5.41) is 0. The van der Waals surface area contributed by atoms with E-state index < -0.39 is 0 Å². The number of benzene rings is 1.